The first-order valence-corrected chi connectivity index (χ1v) is 6.59. The van der Waals surface area contributed by atoms with Crippen LogP contribution in [0.1, 0.15) is 12.5 Å². The van der Waals surface area contributed by atoms with Crippen molar-refractivity contribution in [1.82, 2.24) is 4.98 Å². The Bertz CT molecular complexity index is 511. The van der Waals surface area contributed by atoms with E-state index in [0.717, 1.165) is 21.9 Å². The van der Waals surface area contributed by atoms with E-state index in [-0.39, 0.29) is 11.9 Å². The number of halogens is 1. The molecule has 0 radical (unpaired) electrons. The lowest BCUT2D eigenvalue weighted by atomic mass is 10.1. The van der Waals surface area contributed by atoms with Gasteiger partial charge in [-0.05, 0) is 43.2 Å². The average Bonchev–Trinajstić information content (AvgIpc) is 2.31. The molecule has 1 heterocycles. The fourth-order valence-corrected chi connectivity index (χ4v) is 2.42. The second-order valence-corrected chi connectivity index (χ2v) is 5.34. The third-order valence-corrected chi connectivity index (χ3v) is 3.31. The first kappa shape index (κ1) is 13.1. The Morgan fingerprint density at radius 3 is 2.78 bits per heavy atom. The van der Waals surface area contributed by atoms with Gasteiger partial charge >= 0.3 is 0 Å². The molecule has 0 fully saturated rings. The van der Waals surface area contributed by atoms with Gasteiger partial charge in [-0.1, -0.05) is 23.9 Å². The maximum Gasteiger partial charge on any atom is 0.124 e. The predicted molar refractivity (Wildman–Crippen MR) is 72.1 cm³/mol. The molecule has 1 aromatic carbocycles. The van der Waals surface area contributed by atoms with Gasteiger partial charge in [0, 0.05) is 17.1 Å². The van der Waals surface area contributed by atoms with Crippen molar-refractivity contribution in [3.63, 3.8) is 0 Å². The summed E-state index contributed by atoms with van der Waals surface area (Å²) in [4.78, 5) is 5.19. The fourth-order valence-electron chi connectivity index (χ4n) is 1.62. The van der Waals surface area contributed by atoms with E-state index in [2.05, 4.69) is 4.98 Å². The summed E-state index contributed by atoms with van der Waals surface area (Å²) in [5.41, 5.74) is 6.85. The number of nitrogens with two attached hydrogens (primary N) is 1. The molecular formula is C14H15FN2S. The number of rotatable bonds is 4. The lowest BCUT2D eigenvalue weighted by Crippen LogP contribution is -2.17. The molecule has 2 rings (SSSR count). The molecule has 1 atom stereocenters. The van der Waals surface area contributed by atoms with Gasteiger partial charge in [-0.3, -0.25) is 0 Å². The number of hydrogen-bond donors (Lipinski definition) is 1. The molecule has 94 valence electrons. The van der Waals surface area contributed by atoms with Crippen LogP contribution in [0.25, 0.3) is 0 Å². The predicted octanol–water partition coefficient (Wildman–Crippen LogP) is 3.26. The zero-order valence-corrected chi connectivity index (χ0v) is 11.0. The highest BCUT2D eigenvalue weighted by molar-refractivity contribution is 7.99. The number of nitrogens with zero attached hydrogens (tertiary/aromatic N) is 1. The van der Waals surface area contributed by atoms with E-state index >= 15 is 0 Å². The molecule has 0 amide bonds. The molecule has 0 bridgehead atoms. The van der Waals surface area contributed by atoms with E-state index in [1.165, 1.54) is 23.9 Å². The number of aromatic nitrogens is 1. The van der Waals surface area contributed by atoms with Crippen LogP contribution in [-0.2, 0) is 6.42 Å². The van der Waals surface area contributed by atoms with Gasteiger partial charge in [0.2, 0.25) is 0 Å². The van der Waals surface area contributed by atoms with Crippen LogP contribution in [-0.4, -0.2) is 11.0 Å². The quantitative estimate of drug-likeness (QED) is 0.919. The van der Waals surface area contributed by atoms with Crippen LogP contribution >= 0.6 is 11.8 Å². The van der Waals surface area contributed by atoms with Crippen LogP contribution in [0.4, 0.5) is 4.39 Å². The molecule has 18 heavy (non-hydrogen) atoms. The highest BCUT2D eigenvalue weighted by Crippen LogP contribution is 2.26. The summed E-state index contributed by atoms with van der Waals surface area (Å²) in [7, 11) is 0. The third kappa shape index (κ3) is 3.82. The van der Waals surface area contributed by atoms with Crippen molar-refractivity contribution in [2.45, 2.75) is 29.3 Å². The second-order valence-electron chi connectivity index (χ2n) is 4.25. The monoisotopic (exact) mass is 262 g/mol. The third-order valence-electron chi connectivity index (χ3n) is 2.37. The van der Waals surface area contributed by atoms with Crippen molar-refractivity contribution in [3.05, 3.63) is 54.0 Å². The summed E-state index contributed by atoms with van der Waals surface area (Å²) in [5, 5.41) is 0.856. The standard InChI is InChI=1S/C14H15FN2S/c1-10(16)7-11-5-6-14(17-9-11)18-13-4-2-3-12(15)8-13/h2-6,8-10H,7,16H2,1H3. The molecule has 0 aliphatic heterocycles. The highest BCUT2D eigenvalue weighted by Gasteiger charge is 2.02. The topological polar surface area (TPSA) is 38.9 Å². The normalized spacial score (nSPS) is 12.4. The van der Waals surface area contributed by atoms with E-state index in [0.29, 0.717) is 0 Å². The van der Waals surface area contributed by atoms with E-state index in [4.69, 9.17) is 5.73 Å². The Hall–Kier alpha value is -1.39. The molecule has 4 heteroatoms. The van der Waals surface area contributed by atoms with Crippen LogP contribution in [0.5, 0.6) is 0 Å². The van der Waals surface area contributed by atoms with Gasteiger partial charge in [-0.2, -0.15) is 0 Å². The lowest BCUT2D eigenvalue weighted by Gasteiger charge is -2.05. The minimum atomic E-state index is -0.228. The molecule has 2 nitrogen and oxygen atoms in total. The average molecular weight is 262 g/mol. The van der Waals surface area contributed by atoms with E-state index in [1.807, 2.05) is 31.3 Å². The molecular weight excluding hydrogens is 247 g/mol. The molecule has 1 aromatic heterocycles. The Morgan fingerprint density at radius 2 is 2.17 bits per heavy atom. The van der Waals surface area contributed by atoms with E-state index < -0.39 is 0 Å². The number of pyridine rings is 1. The highest BCUT2D eigenvalue weighted by atomic mass is 32.2. The number of benzene rings is 1. The van der Waals surface area contributed by atoms with Crippen molar-refractivity contribution >= 4 is 11.8 Å². The van der Waals surface area contributed by atoms with Gasteiger partial charge in [0.15, 0.2) is 0 Å². The van der Waals surface area contributed by atoms with Gasteiger partial charge < -0.3 is 5.73 Å². The summed E-state index contributed by atoms with van der Waals surface area (Å²) in [6.45, 7) is 1.97. The number of hydrogen-bond acceptors (Lipinski definition) is 3. The summed E-state index contributed by atoms with van der Waals surface area (Å²) in [5.74, 6) is -0.228. The van der Waals surface area contributed by atoms with Gasteiger partial charge in [0.05, 0.1) is 0 Å². The van der Waals surface area contributed by atoms with Gasteiger partial charge in [-0.15, -0.1) is 0 Å². The van der Waals surface area contributed by atoms with Crippen molar-refractivity contribution in [1.29, 1.82) is 0 Å². The zero-order chi connectivity index (χ0) is 13.0. The van der Waals surface area contributed by atoms with Crippen molar-refractivity contribution in [2.24, 2.45) is 5.73 Å². The Morgan fingerprint density at radius 1 is 1.33 bits per heavy atom. The zero-order valence-electron chi connectivity index (χ0n) is 10.1. The van der Waals surface area contributed by atoms with E-state index in [9.17, 15) is 4.39 Å². The molecule has 2 aromatic rings. The van der Waals surface area contributed by atoms with Crippen molar-refractivity contribution < 1.29 is 4.39 Å². The molecule has 0 saturated carbocycles. The van der Waals surface area contributed by atoms with Crippen LogP contribution in [0.3, 0.4) is 0 Å². The maximum absolute atomic E-state index is 13.0. The van der Waals surface area contributed by atoms with Gasteiger partial charge in [-0.25, -0.2) is 9.37 Å². The summed E-state index contributed by atoms with van der Waals surface area (Å²) in [6.07, 6.45) is 2.64. The molecule has 0 spiro atoms. The van der Waals surface area contributed by atoms with Crippen LogP contribution in [0.15, 0.2) is 52.5 Å². The van der Waals surface area contributed by atoms with E-state index in [1.54, 1.807) is 6.07 Å². The first-order valence-electron chi connectivity index (χ1n) is 5.77. The smallest absolute Gasteiger partial charge is 0.124 e. The Labute approximate surface area is 110 Å². The Balaban J connectivity index is 2.06. The minimum Gasteiger partial charge on any atom is -0.328 e. The Kier molecular flexibility index (Phi) is 4.33. The second kappa shape index (κ2) is 5.98. The fraction of sp³-hybridized carbons (Fsp3) is 0.214. The summed E-state index contributed by atoms with van der Waals surface area (Å²) >= 11 is 1.45. The SMILES string of the molecule is CC(N)Cc1ccc(Sc2cccc(F)c2)nc1. The molecule has 1 unspecified atom stereocenters. The maximum atomic E-state index is 13.0. The first-order chi connectivity index (χ1) is 8.63. The summed E-state index contributed by atoms with van der Waals surface area (Å²) < 4.78 is 13.0. The van der Waals surface area contributed by atoms with Crippen LogP contribution in [0, 0.1) is 5.82 Å². The minimum absolute atomic E-state index is 0.133. The van der Waals surface area contributed by atoms with Crippen molar-refractivity contribution in [2.75, 3.05) is 0 Å². The van der Waals surface area contributed by atoms with Crippen LogP contribution < -0.4 is 5.73 Å². The molecule has 2 N–H and O–H groups in total. The molecule has 0 saturated heterocycles. The van der Waals surface area contributed by atoms with Gasteiger partial charge in [0.1, 0.15) is 10.8 Å². The summed E-state index contributed by atoms with van der Waals surface area (Å²) in [6, 6.07) is 10.6. The van der Waals surface area contributed by atoms with Crippen molar-refractivity contribution in [3.8, 4) is 0 Å². The molecule has 0 aliphatic rings. The lowest BCUT2D eigenvalue weighted by molar-refractivity contribution is 0.624. The largest absolute Gasteiger partial charge is 0.328 e. The molecule has 0 aliphatic carbocycles. The van der Waals surface area contributed by atoms with Gasteiger partial charge in [0.25, 0.3) is 0 Å². The van der Waals surface area contributed by atoms with Crippen LogP contribution in [0.2, 0.25) is 0 Å².